The van der Waals surface area contributed by atoms with E-state index in [-0.39, 0.29) is 0 Å². The van der Waals surface area contributed by atoms with Gasteiger partial charge in [-0.25, -0.2) is 4.79 Å². The van der Waals surface area contributed by atoms with Crippen LogP contribution in [0.15, 0.2) is 70.3 Å². The summed E-state index contributed by atoms with van der Waals surface area (Å²) < 4.78 is 8.96. The summed E-state index contributed by atoms with van der Waals surface area (Å²) in [5, 5.41) is 3.33. The number of rotatable bonds is 9. The van der Waals surface area contributed by atoms with E-state index in [0.29, 0.717) is 43.2 Å². The number of hydrogen-bond acceptors (Lipinski definition) is 5. The Morgan fingerprint density at radius 2 is 1.74 bits per heavy atom. The molecule has 0 spiro atoms. The quantitative estimate of drug-likeness (QED) is 0.407. The van der Waals surface area contributed by atoms with Crippen LogP contribution < -0.4 is 21.3 Å². The Morgan fingerprint density at radius 3 is 2.48 bits per heavy atom. The van der Waals surface area contributed by atoms with Gasteiger partial charge >= 0.3 is 5.69 Å². The van der Waals surface area contributed by atoms with Crippen LogP contribution in [-0.2, 0) is 20.0 Å². The number of imidazole rings is 1. The van der Waals surface area contributed by atoms with Gasteiger partial charge in [-0.15, -0.1) is 0 Å². The Hall–Kier alpha value is -3.81. The molecule has 0 aliphatic rings. The first-order valence-corrected chi connectivity index (χ1v) is 10.3. The van der Waals surface area contributed by atoms with Crippen LogP contribution in [0.4, 0.5) is 5.95 Å². The monoisotopic (exact) mass is 419 g/mol. The molecular weight excluding hydrogens is 394 g/mol. The minimum atomic E-state index is -0.481. The second-order valence-electron chi connectivity index (χ2n) is 7.25. The molecule has 4 aromatic rings. The highest BCUT2D eigenvalue weighted by Crippen LogP contribution is 2.17. The number of aromatic nitrogens is 4. The fourth-order valence-corrected chi connectivity index (χ4v) is 3.48. The predicted octanol–water partition coefficient (Wildman–Crippen LogP) is 2.55. The number of hydrogen-bond donors (Lipinski definition) is 2. The molecule has 0 aliphatic carbocycles. The lowest BCUT2D eigenvalue weighted by Gasteiger charge is -2.11. The number of H-pyrrole nitrogens is 1. The third kappa shape index (κ3) is 4.69. The molecule has 0 radical (unpaired) electrons. The summed E-state index contributed by atoms with van der Waals surface area (Å²) in [6.07, 6.45) is 1.49. The Bertz CT molecular complexity index is 1260. The molecule has 2 N–H and O–H groups in total. The largest absolute Gasteiger partial charge is 0.494 e. The molecule has 0 fully saturated rings. The molecule has 0 atom stereocenters. The van der Waals surface area contributed by atoms with Gasteiger partial charge in [0.1, 0.15) is 5.75 Å². The van der Waals surface area contributed by atoms with E-state index < -0.39 is 11.2 Å². The van der Waals surface area contributed by atoms with Crippen molar-refractivity contribution in [2.45, 2.75) is 19.4 Å². The summed E-state index contributed by atoms with van der Waals surface area (Å²) >= 11 is 0. The van der Waals surface area contributed by atoms with Crippen molar-refractivity contribution in [3.8, 4) is 5.75 Å². The van der Waals surface area contributed by atoms with E-state index in [1.165, 1.54) is 10.1 Å². The van der Waals surface area contributed by atoms with E-state index in [2.05, 4.69) is 27.4 Å². The molecule has 8 heteroatoms. The number of benzene rings is 2. The smallest absolute Gasteiger partial charge is 0.329 e. The third-order valence-electron chi connectivity index (χ3n) is 5.08. The van der Waals surface area contributed by atoms with Gasteiger partial charge in [-0.2, -0.15) is 4.98 Å². The van der Waals surface area contributed by atoms with E-state index in [1.54, 1.807) is 7.05 Å². The predicted molar refractivity (Wildman–Crippen MR) is 121 cm³/mol. The zero-order chi connectivity index (χ0) is 21.6. The normalized spacial score (nSPS) is 11.0. The summed E-state index contributed by atoms with van der Waals surface area (Å²) in [6, 6.07) is 19.7. The molecule has 2 aromatic carbocycles. The molecular formula is C23H25N5O3. The lowest BCUT2D eigenvalue weighted by Crippen LogP contribution is -2.29. The standard InChI is InChI=1S/C23H25N5O3/c1-27-20-19(21(29)26-23(27)30)28(15-8-16-31-18-11-6-3-7-12-18)22(25-20)24-14-13-17-9-4-2-5-10-17/h2-7,9-12H,8,13-16H2,1H3,(H,24,25)(H,26,29,30). The highest BCUT2D eigenvalue weighted by Gasteiger charge is 2.17. The summed E-state index contributed by atoms with van der Waals surface area (Å²) in [7, 11) is 1.60. The Balaban J connectivity index is 1.53. The molecule has 2 heterocycles. The molecule has 0 aliphatic heterocycles. The number of fused-ring (bicyclic) bond motifs is 1. The Morgan fingerprint density at radius 1 is 1.03 bits per heavy atom. The molecule has 160 valence electrons. The number of para-hydroxylation sites is 1. The zero-order valence-corrected chi connectivity index (χ0v) is 17.4. The summed E-state index contributed by atoms with van der Waals surface area (Å²) in [4.78, 5) is 31.5. The van der Waals surface area contributed by atoms with Crippen LogP contribution >= 0.6 is 0 Å². The number of aromatic amines is 1. The van der Waals surface area contributed by atoms with Crippen LogP contribution in [0, 0.1) is 0 Å². The molecule has 2 aromatic heterocycles. The first-order chi connectivity index (χ1) is 15.1. The number of aryl methyl sites for hydroxylation is 2. The fraction of sp³-hybridized carbons (Fsp3) is 0.261. The minimum Gasteiger partial charge on any atom is -0.494 e. The molecule has 8 nitrogen and oxygen atoms in total. The molecule has 0 unspecified atom stereocenters. The van der Waals surface area contributed by atoms with Crippen LogP contribution in [0.1, 0.15) is 12.0 Å². The summed E-state index contributed by atoms with van der Waals surface area (Å²) in [5.41, 5.74) is 1.03. The van der Waals surface area contributed by atoms with Gasteiger partial charge in [-0.05, 0) is 30.5 Å². The van der Waals surface area contributed by atoms with Crippen molar-refractivity contribution in [3.05, 3.63) is 87.1 Å². The molecule has 0 saturated heterocycles. The van der Waals surface area contributed by atoms with Crippen LogP contribution in [0.2, 0.25) is 0 Å². The Kier molecular flexibility index (Phi) is 6.16. The number of nitrogens with one attached hydrogen (secondary N) is 2. The lowest BCUT2D eigenvalue weighted by molar-refractivity contribution is 0.303. The average molecular weight is 419 g/mol. The van der Waals surface area contributed by atoms with Crippen molar-refractivity contribution < 1.29 is 4.74 Å². The van der Waals surface area contributed by atoms with Gasteiger partial charge in [0.25, 0.3) is 5.56 Å². The van der Waals surface area contributed by atoms with Crippen LogP contribution in [0.3, 0.4) is 0 Å². The van der Waals surface area contributed by atoms with Crippen LogP contribution in [0.5, 0.6) is 5.75 Å². The molecule has 0 amide bonds. The van der Waals surface area contributed by atoms with Gasteiger partial charge in [-0.3, -0.25) is 14.3 Å². The maximum atomic E-state index is 12.5. The SMILES string of the molecule is Cn1c(=O)[nH]c(=O)c2c1nc(NCCc1ccccc1)n2CCCOc1ccccc1. The van der Waals surface area contributed by atoms with E-state index in [4.69, 9.17) is 4.74 Å². The van der Waals surface area contributed by atoms with Crippen molar-refractivity contribution in [2.75, 3.05) is 18.5 Å². The second-order valence-corrected chi connectivity index (χ2v) is 7.25. The van der Waals surface area contributed by atoms with Gasteiger partial charge < -0.3 is 14.6 Å². The topological polar surface area (TPSA) is 93.9 Å². The maximum absolute atomic E-state index is 12.5. The highest BCUT2D eigenvalue weighted by atomic mass is 16.5. The Labute approximate surface area is 179 Å². The van der Waals surface area contributed by atoms with Crippen molar-refractivity contribution in [1.82, 2.24) is 19.1 Å². The third-order valence-corrected chi connectivity index (χ3v) is 5.08. The lowest BCUT2D eigenvalue weighted by atomic mass is 10.1. The van der Waals surface area contributed by atoms with Crippen molar-refractivity contribution in [3.63, 3.8) is 0 Å². The molecule has 0 saturated carbocycles. The van der Waals surface area contributed by atoms with E-state index in [1.807, 2.05) is 53.1 Å². The molecule has 0 bridgehead atoms. The zero-order valence-electron chi connectivity index (χ0n) is 17.4. The highest BCUT2D eigenvalue weighted by molar-refractivity contribution is 5.74. The maximum Gasteiger partial charge on any atom is 0.329 e. The number of ether oxygens (including phenoxy) is 1. The molecule has 31 heavy (non-hydrogen) atoms. The number of anilines is 1. The van der Waals surface area contributed by atoms with Gasteiger partial charge in [0.05, 0.1) is 6.61 Å². The van der Waals surface area contributed by atoms with E-state index >= 15 is 0 Å². The van der Waals surface area contributed by atoms with Crippen molar-refractivity contribution in [1.29, 1.82) is 0 Å². The molecule has 4 rings (SSSR count). The summed E-state index contributed by atoms with van der Waals surface area (Å²) in [6.45, 7) is 1.68. The average Bonchev–Trinajstić information content (AvgIpc) is 3.16. The number of nitrogens with zero attached hydrogens (tertiary/aromatic N) is 3. The van der Waals surface area contributed by atoms with Gasteiger partial charge in [0.15, 0.2) is 11.2 Å². The first kappa shape index (κ1) is 20.5. The van der Waals surface area contributed by atoms with Crippen molar-refractivity contribution in [2.24, 2.45) is 7.05 Å². The van der Waals surface area contributed by atoms with Crippen LogP contribution in [0.25, 0.3) is 11.2 Å². The minimum absolute atomic E-state index is 0.361. The van der Waals surface area contributed by atoms with Gasteiger partial charge in [0, 0.05) is 20.1 Å². The van der Waals surface area contributed by atoms with Crippen LogP contribution in [-0.4, -0.2) is 32.3 Å². The van der Waals surface area contributed by atoms with Gasteiger partial charge in [-0.1, -0.05) is 48.5 Å². The van der Waals surface area contributed by atoms with Gasteiger partial charge in [0.2, 0.25) is 5.95 Å². The van der Waals surface area contributed by atoms with E-state index in [9.17, 15) is 9.59 Å². The van der Waals surface area contributed by atoms with Crippen molar-refractivity contribution >= 4 is 17.1 Å². The first-order valence-electron chi connectivity index (χ1n) is 10.3. The summed E-state index contributed by atoms with van der Waals surface area (Å²) in [5.74, 6) is 1.37. The fourth-order valence-electron chi connectivity index (χ4n) is 3.48. The second kappa shape index (κ2) is 9.34. The van der Waals surface area contributed by atoms with E-state index in [0.717, 1.165) is 12.2 Å².